The molecule has 30 heavy (non-hydrogen) atoms. The number of fused-ring (bicyclic) bond motifs is 1. The SMILES string of the molecule is CCOCOc1c(Cl)cc(Cl)cc1-c1cc2c(OCOCC)c(C(=O)O)ccc2[nH]1. The topological polar surface area (TPSA) is 90.0 Å². The molecule has 160 valence electrons. The van der Waals surface area contributed by atoms with Crippen molar-refractivity contribution in [2.75, 3.05) is 26.8 Å². The molecule has 0 saturated carbocycles. The molecule has 9 heteroatoms. The molecule has 0 aliphatic carbocycles. The van der Waals surface area contributed by atoms with E-state index < -0.39 is 5.97 Å². The third kappa shape index (κ3) is 4.82. The highest BCUT2D eigenvalue weighted by Gasteiger charge is 2.20. The van der Waals surface area contributed by atoms with Crippen molar-refractivity contribution in [2.24, 2.45) is 0 Å². The summed E-state index contributed by atoms with van der Waals surface area (Å²) < 4.78 is 21.8. The van der Waals surface area contributed by atoms with Crippen molar-refractivity contribution in [1.29, 1.82) is 0 Å². The van der Waals surface area contributed by atoms with E-state index in [4.69, 9.17) is 42.1 Å². The Kier molecular flexibility index (Phi) is 7.44. The normalized spacial score (nSPS) is 11.1. The van der Waals surface area contributed by atoms with Gasteiger partial charge in [0.25, 0.3) is 0 Å². The molecule has 0 aliphatic heterocycles. The van der Waals surface area contributed by atoms with E-state index in [0.29, 0.717) is 51.2 Å². The molecule has 2 aromatic carbocycles. The number of carboxylic acids is 1. The summed E-state index contributed by atoms with van der Waals surface area (Å²) in [6.07, 6.45) is 0. The van der Waals surface area contributed by atoms with Gasteiger partial charge < -0.3 is 29.0 Å². The molecule has 0 bridgehead atoms. The molecule has 0 radical (unpaired) electrons. The zero-order chi connectivity index (χ0) is 21.7. The lowest BCUT2D eigenvalue weighted by molar-refractivity contribution is 0.0221. The van der Waals surface area contributed by atoms with E-state index in [0.717, 1.165) is 0 Å². The smallest absolute Gasteiger partial charge is 0.339 e. The van der Waals surface area contributed by atoms with Gasteiger partial charge in [-0.3, -0.25) is 0 Å². The average Bonchev–Trinajstić information content (AvgIpc) is 3.14. The van der Waals surface area contributed by atoms with E-state index in [1.165, 1.54) is 6.07 Å². The molecule has 0 atom stereocenters. The molecular weight excluding hydrogens is 433 g/mol. The molecule has 3 rings (SSSR count). The van der Waals surface area contributed by atoms with Crippen LogP contribution in [-0.4, -0.2) is 42.9 Å². The van der Waals surface area contributed by atoms with Crippen molar-refractivity contribution >= 4 is 40.1 Å². The minimum atomic E-state index is -1.10. The summed E-state index contributed by atoms with van der Waals surface area (Å²) in [5.41, 5.74) is 1.94. The number of aromatic nitrogens is 1. The number of hydrogen-bond acceptors (Lipinski definition) is 5. The first-order chi connectivity index (χ1) is 14.5. The van der Waals surface area contributed by atoms with Crippen LogP contribution in [0.4, 0.5) is 0 Å². The average molecular weight is 454 g/mol. The first-order valence-electron chi connectivity index (χ1n) is 9.25. The molecule has 7 nitrogen and oxygen atoms in total. The van der Waals surface area contributed by atoms with E-state index in [1.54, 1.807) is 24.3 Å². The monoisotopic (exact) mass is 453 g/mol. The maximum atomic E-state index is 11.7. The Morgan fingerprint density at radius 3 is 2.30 bits per heavy atom. The molecular formula is C21H21Cl2NO6. The van der Waals surface area contributed by atoms with Gasteiger partial charge in [0.1, 0.15) is 11.3 Å². The fourth-order valence-electron chi connectivity index (χ4n) is 2.92. The van der Waals surface area contributed by atoms with Crippen LogP contribution < -0.4 is 9.47 Å². The lowest BCUT2D eigenvalue weighted by Gasteiger charge is -2.13. The maximum absolute atomic E-state index is 11.7. The van der Waals surface area contributed by atoms with Gasteiger partial charge in [-0.2, -0.15) is 0 Å². The maximum Gasteiger partial charge on any atom is 0.339 e. The van der Waals surface area contributed by atoms with E-state index in [2.05, 4.69) is 4.98 Å². The number of ether oxygens (including phenoxy) is 4. The number of aromatic carboxylic acids is 1. The van der Waals surface area contributed by atoms with Gasteiger partial charge in [-0.05, 0) is 44.2 Å². The molecule has 0 saturated heterocycles. The van der Waals surface area contributed by atoms with Crippen LogP contribution >= 0.6 is 23.2 Å². The highest BCUT2D eigenvalue weighted by atomic mass is 35.5. The van der Waals surface area contributed by atoms with Gasteiger partial charge in [0.05, 0.1) is 10.7 Å². The van der Waals surface area contributed by atoms with E-state index in [9.17, 15) is 9.90 Å². The summed E-state index contributed by atoms with van der Waals surface area (Å²) in [5.74, 6) is -0.491. The quantitative estimate of drug-likeness (QED) is 0.307. The number of benzene rings is 2. The summed E-state index contributed by atoms with van der Waals surface area (Å²) in [5, 5.41) is 10.9. The first-order valence-corrected chi connectivity index (χ1v) is 10.0. The molecule has 0 aliphatic rings. The Labute approximate surface area is 183 Å². The molecule has 0 fully saturated rings. The molecule has 1 aromatic heterocycles. The Bertz CT molecular complexity index is 1050. The summed E-state index contributed by atoms with van der Waals surface area (Å²) >= 11 is 12.6. The van der Waals surface area contributed by atoms with Gasteiger partial charge in [-0.25, -0.2) is 4.79 Å². The van der Waals surface area contributed by atoms with Crippen LogP contribution in [0.25, 0.3) is 22.2 Å². The number of carbonyl (C=O) groups is 1. The molecule has 1 heterocycles. The van der Waals surface area contributed by atoms with Crippen molar-refractivity contribution in [1.82, 2.24) is 4.98 Å². The Morgan fingerprint density at radius 2 is 1.67 bits per heavy atom. The van der Waals surface area contributed by atoms with Crippen LogP contribution in [0.3, 0.4) is 0 Å². The Hall–Kier alpha value is -2.45. The zero-order valence-corrected chi connectivity index (χ0v) is 18.0. The van der Waals surface area contributed by atoms with Crippen LogP contribution in [0.5, 0.6) is 11.5 Å². The number of halogens is 2. The van der Waals surface area contributed by atoms with Gasteiger partial charge in [0, 0.05) is 34.7 Å². The van der Waals surface area contributed by atoms with E-state index >= 15 is 0 Å². The van der Waals surface area contributed by atoms with Crippen molar-refractivity contribution in [3.05, 3.63) is 45.9 Å². The fourth-order valence-corrected chi connectivity index (χ4v) is 3.47. The van der Waals surface area contributed by atoms with Crippen molar-refractivity contribution in [2.45, 2.75) is 13.8 Å². The highest BCUT2D eigenvalue weighted by molar-refractivity contribution is 6.36. The zero-order valence-electron chi connectivity index (χ0n) is 16.5. The molecule has 0 unspecified atom stereocenters. The standard InChI is InChI=1S/C21H21Cl2NO6/c1-3-27-10-29-19-13(21(25)26)5-6-17-15(19)9-18(24-17)14-7-12(22)8-16(23)20(14)30-11-28-4-2/h5-9,24H,3-4,10-11H2,1-2H3,(H,25,26). The second-order valence-electron chi connectivity index (χ2n) is 6.17. The van der Waals surface area contributed by atoms with Crippen molar-refractivity contribution < 1.29 is 28.8 Å². The summed E-state index contributed by atoms with van der Waals surface area (Å²) in [6.45, 7) is 4.57. The number of rotatable bonds is 10. The van der Waals surface area contributed by atoms with Gasteiger partial charge in [0.15, 0.2) is 19.3 Å². The lowest BCUT2D eigenvalue weighted by atomic mass is 10.1. The number of hydrogen-bond donors (Lipinski definition) is 2. The van der Waals surface area contributed by atoms with Crippen LogP contribution in [0.1, 0.15) is 24.2 Å². The van der Waals surface area contributed by atoms with E-state index in [1.807, 2.05) is 13.8 Å². The fraction of sp³-hybridized carbons (Fsp3) is 0.286. The van der Waals surface area contributed by atoms with Crippen LogP contribution in [0, 0.1) is 0 Å². The predicted molar refractivity (Wildman–Crippen MR) is 115 cm³/mol. The van der Waals surface area contributed by atoms with Crippen molar-refractivity contribution in [3.63, 3.8) is 0 Å². The van der Waals surface area contributed by atoms with E-state index in [-0.39, 0.29) is 24.9 Å². The number of aromatic amines is 1. The van der Waals surface area contributed by atoms with Crippen molar-refractivity contribution in [3.8, 4) is 22.8 Å². The second-order valence-corrected chi connectivity index (χ2v) is 7.01. The lowest BCUT2D eigenvalue weighted by Crippen LogP contribution is -2.07. The van der Waals surface area contributed by atoms with Crippen LogP contribution in [0.2, 0.25) is 10.0 Å². The number of carboxylic acid groups (broad SMARTS) is 1. The number of nitrogens with one attached hydrogen (secondary N) is 1. The summed E-state index contributed by atoms with van der Waals surface area (Å²) in [4.78, 5) is 14.9. The molecule has 2 N–H and O–H groups in total. The minimum absolute atomic E-state index is 0.0248. The molecule has 0 spiro atoms. The van der Waals surface area contributed by atoms with Crippen LogP contribution in [0.15, 0.2) is 30.3 Å². The first kappa shape index (κ1) is 22.2. The summed E-state index contributed by atoms with van der Waals surface area (Å²) in [6, 6.07) is 8.19. The molecule has 0 amide bonds. The predicted octanol–water partition coefficient (Wildman–Crippen LogP) is 5.59. The highest BCUT2D eigenvalue weighted by Crippen LogP contribution is 2.41. The largest absolute Gasteiger partial charge is 0.478 e. The third-order valence-corrected chi connectivity index (χ3v) is 4.76. The van der Waals surface area contributed by atoms with Gasteiger partial charge >= 0.3 is 5.97 Å². The van der Waals surface area contributed by atoms with Gasteiger partial charge in [-0.1, -0.05) is 23.2 Å². The molecule has 3 aromatic rings. The Balaban J connectivity index is 2.11. The van der Waals surface area contributed by atoms with Gasteiger partial charge in [0.2, 0.25) is 0 Å². The van der Waals surface area contributed by atoms with Crippen LogP contribution in [-0.2, 0) is 9.47 Å². The minimum Gasteiger partial charge on any atom is -0.478 e. The number of H-pyrrole nitrogens is 1. The van der Waals surface area contributed by atoms with Gasteiger partial charge in [-0.15, -0.1) is 0 Å². The summed E-state index contributed by atoms with van der Waals surface area (Å²) in [7, 11) is 0. The second kappa shape index (κ2) is 10.0. The Morgan fingerprint density at radius 1 is 1.00 bits per heavy atom. The third-order valence-electron chi connectivity index (χ3n) is 4.26.